The third-order valence-electron chi connectivity index (χ3n) is 6.69. The summed E-state index contributed by atoms with van der Waals surface area (Å²) in [5.74, 6) is 0.903. The monoisotopic (exact) mass is 470 g/mol. The molecule has 8 heteroatoms. The second kappa shape index (κ2) is 11.2. The van der Waals surface area contributed by atoms with E-state index in [-0.39, 0.29) is 11.8 Å². The molecule has 2 saturated heterocycles. The van der Waals surface area contributed by atoms with Gasteiger partial charge in [0, 0.05) is 68.4 Å². The lowest BCUT2D eigenvalue weighted by Crippen LogP contribution is -2.47. The first-order valence-corrected chi connectivity index (χ1v) is 12.4. The van der Waals surface area contributed by atoms with Crippen molar-refractivity contribution in [3.05, 3.63) is 46.7 Å². The molecule has 1 amide bonds. The van der Waals surface area contributed by atoms with Crippen LogP contribution in [0.2, 0.25) is 5.02 Å². The number of hydrogen-bond acceptors (Lipinski definition) is 6. The molecular formula is C25H35ClN6O. The van der Waals surface area contributed by atoms with Crippen LogP contribution in [0.15, 0.2) is 30.5 Å². The summed E-state index contributed by atoms with van der Waals surface area (Å²) in [5, 5.41) is 3.96. The van der Waals surface area contributed by atoms with Gasteiger partial charge >= 0.3 is 0 Å². The maximum Gasteiger partial charge on any atom is 0.225 e. The lowest BCUT2D eigenvalue weighted by Gasteiger charge is -2.37. The Morgan fingerprint density at radius 1 is 1.12 bits per heavy atom. The zero-order valence-electron chi connectivity index (χ0n) is 19.8. The highest BCUT2D eigenvalue weighted by molar-refractivity contribution is 6.30. The van der Waals surface area contributed by atoms with Crippen LogP contribution in [0.3, 0.4) is 0 Å². The summed E-state index contributed by atoms with van der Waals surface area (Å²) in [6.07, 6.45) is 4.68. The molecule has 1 aromatic carbocycles. The number of rotatable bonds is 7. The van der Waals surface area contributed by atoms with E-state index in [9.17, 15) is 4.79 Å². The molecule has 1 aromatic heterocycles. The zero-order chi connectivity index (χ0) is 23.2. The fourth-order valence-electron chi connectivity index (χ4n) is 4.76. The molecule has 1 unspecified atom stereocenters. The average Bonchev–Trinajstić information content (AvgIpc) is 2.84. The number of nitrogens with one attached hydrogen (secondary N) is 1. The molecule has 4 rings (SSSR count). The number of piperazine rings is 1. The van der Waals surface area contributed by atoms with Gasteiger partial charge in [-0.1, -0.05) is 17.7 Å². The number of carbonyl (C=O) groups is 1. The number of amides is 1. The Labute approximate surface area is 202 Å². The van der Waals surface area contributed by atoms with Gasteiger partial charge in [-0.15, -0.1) is 0 Å². The standard InChI is InChI=1S/C25H35ClN6O/c1-19-6-7-22(26)17-23(19)31-15-13-30(14-16-31)11-4-9-27-24(33)21-5-3-12-32(18-21)25-28-10-8-20(2)29-25/h6-8,10,17,21H,3-5,9,11-16,18H2,1-2H3,(H,27,33). The Morgan fingerprint density at radius 2 is 1.94 bits per heavy atom. The van der Waals surface area contributed by atoms with E-state index in [4.69, 9.17) is 11.6 Å². The van der Waals surface area contributed by atoms with Gasteiger partial charge in [-0.3, -0.25) is 9.69 Å². The largest absolute Gasteiger partial charge is 0.369 e. The fourth-order valence-corrected chi connectivity index (χ4v) is 4.92. The molecule has 1 atom stereocenters. The third-order valence-corrected chi connectivity index (χ3v) is 6.93. The topological polar surface area (TPSA) is 64.6 Å². The van der Waals surface area contributed by atoms with Gasteiger partial charge in [-0.2, -0.15) is 0 Å². The minimum Gasteiger partial charge on any atom is -0.369 e. The molecule has 3 heterocycles. The maximum atomic E-state index is 12.7. The highest BCUT2D eigenvalue weighted by Gasteiger charge is 2.27. The Balaban J connectivity index is 1.16. The van der Waals surface area contributed by atoms with Crippen LogP contribution in [0.5, 0.6) is 0 Å². The van der Waals surface area contributed by atoms with Crippen LogP contribution in [0.25, 0.3) is 0 Å². The highest BCUT2D eigenvalue weighted by atomic mass is 35.5. The highest BCUT2D eigenvalue weighted by Crippen LogP contribution is 2.25. The molecule has 1 N–H and O–H groups in total. The van der Waals surface area contributed by atoms with Gasteiger partial charge in [0.2, 0.25) is 11.9 Å². The summed E-state index contributed by atoms with van der Waals surface area (Å²) >= 11 is 6.20. The van der Waals surface area contributed by atoms with Gasteiger partial charge in [0.25, 0.3) is 0 Å². The molecule has 0 saturated carbocycles. The van der Waals surface area contributed by atoms with Crippen LogP contribution in [0.1, 0.15) is 30.5 Å². The van der Waals surface area contributed by atoms with Crippen molar-refractivity contribution < 1.29 is 4.79 Å². The maximum absolute atomic E-state index is 12.7. The minimum atomic E-state index is 0.00680. The molecule has 178 valence electrons. The number of piperidine rings is 1. The quantitative estimate of drug-likeness (QED) is 0.626. The van der Waals surface area contributed by atoms with E-state index < -0.39 is 0 Å². The molecule has 2 aliphatic heterocycles. The third kappa shape index (κ3) is 6.36. The SMILES string of the molecule is Cc1ccnc(N2CCCC(C(=O)NCCCN3CCN(c4cc(Cl)ccc4C)CC3)C2)n1. The molecule has 0 radical (unpaired) electrons. The van der Waals surface area contributed by atoms with Crippen molar-refractivity contribution in [3.63, 3.8) is 0 Å². The van der Waals surface area contributed by atoms with E-state index >= 15 is 0 Å². The van der Waals surface area contributed by atoms with E-state index in [1.165, 1.54) is 11.3 Å². The summed E-state index contributed by atoms with van der Waals surface area (Å²) in [5.41, 5.74) is 3.47. The Hall–Kier alpha value is -2.38. The van der Waals surface area contributed by atoms with Crippen molar-refractivity contribution in [3.8, 4) is 0 Å². The van der Waals surface area contributed by atoms with E-state index in [0.717, 1.165) is 81.7 Å². The average molecular weight is 471 g/mol. The Kier molecular flexibility index (Phi) is 8.04. The van der Waals surface area contributed by atoms with Crippen molar-refractivity contribution in [2.24, 2.45) is 5.92 Å². The number of anilines is 2. The van der Waals surface area contributed by atoms with Crippen LogP contribution in [0, 0.1) is 19.8 Å². The smallest absolute Gasteiger partial charge is 0.225 e. The summed E-state index contributed by atoms with van der Waals surface area (Å²) in [6, 6.07) is 8.01. The molecule has 2 aromatic rings. The number of carbonyl (C=O) groups excluding carboxylic acids is 1. The fraction of sp³-hybridized carbons (Fsp3) is 0.560. The number of hydrogen-bond donors (Lipinski definition) is 1. The molecule has 2 fully saturated rings. The predicted molar refractivity (Wildman–Crippen MR) is 134 cm³/mol. The molecule has 0 bridgehead atoms. The van der Waals surface area contributed by atoms with Gasteiger partial charge in [-0.25, -0.2) is 9.97 Å². The Bertz CT molecular complexity index is 946. The molecular weight excluding hydrogens is 436 g/mol. The van der Waals surface area contributed by atoms with Crippen molar-refractivity contribution in [1.82, 2.24) is 20.2 Å². The Morgan fingerprint density at radius 3 is 2.73 bits per heavy atom. The van der Waals surface area contributed by atoms with Gasteiger partial charge < -0.3 is 15.1 Å². The summed E-state index contributed by atoms with van der Waals surface area (Å²) in [4.78, 5) is 28.7. The first-order chi connectivity index (χ1) is 16.0. The lowest BCUT2D eigenvalue weighted by molar-refractivity contribution is -0.125. The predicted octanol–water partition coefficient (Wildman–Crippen LogP) is 3.29. The summed E-state index contributed by atoms with van der Waals surface area (Å²) in [7, 11) is 0. The van der Waals surface area contributed by atoms with Crippen molar-refractivity contribution in [2.75, 3.05) is 62.2 Å². The number of aryl methyl sites for hydroxylation is 2. The normalized spacial score (nSPS) is 19.5. The van der Waals surface area contributed by atoms with E-state index in [1.54, 1.807) is 6.20 Å². The van der Waals surface area contributed by atoms with Crippen LogP contribution in [-0.2, 0) is 4.79 Å². The molecule has 33 heavy (non-hydrogen) atoms. The summed E-state index contributed by atoms with van der Waals surface area (Å²) < 4.78 is 0. The van der Waals surface area contributed by atoms with Crippen molar-refractivity contribution >= 4 is 29.1 Å². The number of halogens is 1. The number of aromatic nitrogens is 2. The first kappa shape index (κ1) is 23.8. The second-order valence-corrected chi connectivity index (χ2v) is 9.62. The second-order valence-electron chi connectivity index (χ2n) is 9.19. The van der Waals surface area contributed by atoms with Crippen LogP contribution < -0.4 is 15.1 Å². The number of nitrogens with zero attached hydrogens (tertiary/aromatic N) is 5. The molecule has 0 aliphatic carbocycles. The van der Waals surface area contributed by atoms with Gasteiger partial charge in [0.15, 0.2) is 0 Å². The summed E-state index contributed by atoms with van der Waals surface area (Å²) in [6.45, 7) is 11.5. The van der Waals surface area contributed by atoms with E-state index in [0.29, 0.717) is 6.54 Å². The van der Waals surface area contributed by atoms with Crippen LogP contribution in [0.4, 0.5) is 11.6 Å². The first-order valence-electron chi connectivity index (χ1n) is 12.1. The lowest BCUT2D eigenvalue weighted by atomic mass is 9.97. The van der Waals surface area contributed by atoms with Gasteiger partial charge in [0.05, 0.1) is 5.92 Å². The number of benzene rings is 1. The van der Waals surface area contributed by atoms with E-state index in [2.05, 4.69) is 49.0 Å². The zero-order valence-corrected chi connectivity index (χ0v) is 20.5. The van der Waals surface area contributed by atoms with Gasteiger partial charge in [-0.05, 0) is 63.4 Å². The minimum absolute atomic E-state index is 0.00680. The van der Waals surface area contributed by atoms with Crippen molar-refractivity contribution in [2.45, 2.75) is 33.1 Å². The van der Waals surface area contributed by atoms with E-state index in [1.807, 2.05) is 19.1 Å². The molecule has 7 nitrogen and oxygen atoms in total. The molecule has 2 aliphatic rings. The van der Waals surface area contributed by atoms with Crippen LogP contribution >= 0.6 is 11.6 Å². The van der Waals surface area contributed by atoms with Gasteiger partial charge in [0.1, 0.15) is 0 Å². The van der Waals surface area contributed by atoms with Crippen molar-refractivity contribution in [1.29, 1.82) is 0 Å². The van der Waals surface area contributed by atoms with Crippen LogP contribution in [-0.4, -0.2) is 73.1 Å². The molecule has 0 spiro atoms.